The molecule has 1 aromatic carbocycles. The molecule has 7 rings (SSSR count). The van der Waals surface area contributed by atoms with E-state index in [4.69, 9.17) is 11.3 Å². The molecule has 42 heavy (non-hydrogen) atoms. The first-order valence-corrected chi connectivity index (χ1v) is 15.2. The average Bonchev–Trinajstić information content (AvgIpc) is 3.37. The Kier molecular flexibility index (Phi) is 7.05. The monoisotopic (exact) mass is 590 g/mol. The molecule has 0 radical (unpaired) electrons. The molecule has 0 spiro atoms. The summed E-state index contributed by atoms with van der Waals surface area (Å²) in [6.45, 7) is 9.54. The molecule has 3 aliphatic carbocycles. The molecule has 4 aromatic rings. The number of hydrogen-bond donors (Lipinski definition) is 0. The van der Waals surface area contributed by atoms with Crippen LogP contribution in [0.2, 0.25) is 0 Å². The van der Waals surface area contributed by atoms with Crippen LogP contribution in [0.25, 0.3) is 27.1 Å². The number of carbonyl (C=O) groups excluding carboxylic acids is 1. The predicted octanol–water partition coefficient (Wildman–Crippen LogP) is 6.24. The fourth-order valence-corrected chi connectivity index (χ4v) is 8.11. The summed E-state index contributed by atoms with van der Waals surface area (Å²) in [4.78, 5) is 24.9. The Labute approximate surface area is 242 Å². The first kappa shape index (κ1) is 28.0. The molecule has 3 heterocycles. The minimum atomic E-state index is -4.17. The summed E-state index contributed by atoms with van der Waals surface area (Å²) in [6.07, 6.45) is 6.05. The topological polar surface area (TPSA) is 95.5 Å². The number of fused-ring (bicyclic) bond motifs is 4. The van der Waals surface area contributed by atoms with Crippen molar-refractivity contribution in [3.8, 4) is 11.3 Å². The van der Waals surface area contributed by atoms with Crippen molar-refractivity contribution < 1.29 is 26.7 Å². The van der Waals surface area contributed by atoms with Crippen LogP contribution in [0.1, 0.15) is 36.9 Å². The lowest BCUT2D eigenvalue weighted by molar-refractivity contribution is -0.156. The third-order valence-electron chi connectivity index (χ3n) is 8.85. The minimum Gasteiger partial charge on any atom is -0.469 e. The molecule has 3 aliphatic rings. The maximum atomic E-state index is 15.5. The normalized spacial score (nSPS) is 21.8. The lowest BCUT2D eigenvalue weighted by atomic mass is 9.57. The molecule has 2 atom stereocenters. The Morgan fingerprint density at radius 2 is 1.81 bits per heavy atom. The quantitative estimate of drug-likeness (QED) is 0.195. The van der Waals surface area contributed by atoms with Gasteiger partial charge in [-0.15, -0.1) is 0 Å². The van der Waals surface area contributed by atoms with Crippen LogP contribution in [0.15, 0.2) is 53.7 Å². The van der Waals surface area contributed by atoms with Crippen LogP contribution in [0.3, 0.4) is 0 Å². The van der Waals surface area contributed by atoms with Gasteiger partial charge in [-0.1, -0.05) is 17.7 Å². The number of methoxy groups -OCH3 is 1. The number of pyridine rings is 2. The van der Waals surface area contributed by atoms with Gasteiger partial charge in [0.2, 0.25) is 5.69 Å². The van der Waals surface area contributed by atoms with Crippen molar-refractivity contribution in [1.82, 2.24) is 13.9 Å². The van der Waals surface area contributed by atoms with Gasteiger partial charge in [0.05, 0.1) is 42.1 Å². The average molecular weight is 591 g/mol. The van der Waals surface area contributed by atoms with Crippen molar-refractivity contribution >= 4 is 32.7 Å². The summed E-state index contributed by atoms with van der Waals surface area (Å²) in [6, 6.07) is 8.46. The van der Waals surface area contributed by atoms with Crippen LogP contribution in [0, 0.1) is 48.8 Å². The lowest BCUT2D eigenvalue weighted by Gasteiger charge is -2.47. The van der Waals surface area contributed by atoms with Crippen molar-refractivity contribution in [2.45, 2.75) is 43.9 Å². The maximum Gasteiger partial charge on any atom is 0.309 e. The van der Waals surface area contributed by atoms with E-state index in [2.05, 4.69) is 14.8 Å². The number of rotatable bonds is 6. The molecule has 3 saturated carbocycles. The van der Waals surface area contributed by atoms with Crippen LogP contribution in [0.5, 0.6) is 0 Å². The number of ether oxygens (including phenoxy) is 1. The molecule has 0 aliphatic heterocycles. The van der Waals surface area contributed by atoms with Gasteiger partial charge in [0.25, 0.3) is 10.0 Å². The first-order valence-electron chi connectivity index (χ1n) is 13.8. The van der Waals surface area contributed by atoms with Gasteiger partial charge in [-0.2, -0.15) is 0 Å². The molecular weight excluding hydrogens is 562 g/mol. The van der Waals surface area contributed by atoms with Gasteiger partial charge < -0.3 is 4.74 Å². The zero-order valence-corrected chi connectivity index (χ0v) is 23.9. The van der Waals surface area contributed by atoms with E-state index in [0.29, 0.717) is 0 Å². The predicted molar refractivity (Wildman–Crippen MR) is 151 cm³/mol. The maximum absolute atomic E-state index is 15.5. The van der Waals surface area contributed by atoms with Crippen molar-refractivity contribution in [2.75, 3.05) is 7.11 Å². The molecule has 0 saturated heterocycles. The highest BCUT2D eigenvalue weighted by Crippen LogP contribution is 2.50. The number of aromatic nitrogens is 3. The molecule has 0 N–H and O–H groups in total. The molecule has 11 heteroatoms. The van der Waals surface area contributed by atoms with Crippen LogP contribution < -0.4 is 0 Å². The molecule has 3 fully saturated rings. The van der Waals surface area contributed by atoms with Gasteiger partial charge in [-0.25, -0.2) is 31.0 Å². The highest BCUT2D eigenvalue weighted by molar-refractivity contribution is 7.90. The Balaban J connectivity index is 1.50. The Morgan fingerprint density at radius 1 is 1.12 bits per heavy atom. The number of nitrogens with zero attached hydrogens (tertiary/aromatic N) is 4. The van der Waals surface area contributed by atoms with Crippen molar-refractivity contribution in [3.63, 3.8) is 0 Å². The number of benzene rings is 1. The third kappa shape index (κ3) is 4.64. The Morgan fingerprint density at radius 3 is 2.48 bits per heavy atom. The van der Waals surface area contributed by atoms with Crippen LogP contribution in [-0.2, 0) is 26.0 Å². The summed E-state index contributed by atoms with van der Waals surface area (Å²) < 4.78 is 63.3. The number of halogens is 2. The van der Waals surface area contributed by atoms with Crippen LogP contribution in [0.4, 0.5) is 14.5 Å². The third-order valence-corrected chi connectivity index (χ3v) is 10.5. The fourth-order valence-electron chi connectivity index (χ4n) is 6.79. The van der Waals surface area contributed by atoms with E-state index in [1.54, 1.807) is 12.1 Å². The number of carbonyl (C=O) groups is 1. The summed E-state index contributed by atoms with van der Waals surface area (Å²) >= 11 is 0. The summed E-state index contributed by atoms with van der Waals surface area (Å²) in [5, 5.41) is 0.116. The zero-order chi connectivity index (χ0) is 29.8. The summed E-state index contributed by atoms with van der Waals surface area (Å²) in [7, 11) is -2.81. The Hall–Kier alpha value is -4.17. The van der Waals surface area contributed by atoms with Crippen molar-refractivity contribution in [1.29, 1.82) is 0 Å². The largest absolute Gasteiger partial charge is 0.469 e. The lowest BCUT2D eigenvalue weighted by Crippen LogP contribution is -2.45. The standard InChI is InChI=1S/C31H28F2N4O4S/c1-17-4-10-21(11-5-17)42(39,40)37-16-24(23-12-20(32)15-35-30(23)37)29-27(34-2)14-25(33)26(36-29)13-22-18-6-8-19(9-7-18)28(22)31(38)41-3/h4-5,10-12,14-16,18-19,22,28H,6-9,13H2,1,3H3/t18?,19?,22-,28-/m1/s1. The molecule has 3 aromatic heterocycles. The highest BCUT2D eigenvalue weighted by atomic mass is 32.2. The molecule has 2 bridgehead atoms. The summed E-state index contributed by atoms with van der Waals surface area (Å²) in [5.41, 5.74) is 0.892. The Bertz CT molecular complexity index is 1860. The fraction of sp³-hybridized carbons (Fsp3) is 0.355. The number of aryl methyl sites for hydroxylation is 1. The molecule has 216 valence electrons. The zero-order valence-electron chi connectivity index (χ0n) is 23.0. The molecule has 8 nitrogen and oxygen atoms in total. The summed E-state index contributed by atoms with van der Waals surface area (Å²) in [5.74, 6) is -1.87. The second-order valence-electron chi connectivity index (χ2n) is 11.2. The second-order valence-corrected chi connectivity index (χ2v) is 13.0. The van der Waals surface area contributed by atoms with Crippen LogP contribution in [-0.4, -0.2) is 35.4 Å². The number of esters is 1. The SMILES string of the molecule is [C-]#[N+]c1cc(F)c(C[C@@H]2C3CCC(CC3)[C@H]2C(=O)OC)nc1-c1cn(S(=O)(=O)c2ccc(C)cc2)c2ncc(F)cc12. The van der Waals surface area contributed by atoms with Crippen molar-refractivity contribution in [2.24, 2.45) is 23.7 Å². The van der Waals surface area contributed by atoms with Crippen LogP contribution >= 0.6 is 0 Å². The smallest absolute Gasteiger partial charge is 0.309 e. The van der Waals surface area contributed by atoms with Gasteiger partial charge in [-0.3, -0.25) is 9.78 Å². The van der Waals surface area contributed by atoms with Gasteiger partial charge >= 0.3 is 5.97 Å². The minimum absolute atomic E-state index is 0.00188. The van der Waals surface area contributed by atoms with Gasteiger partial charge in [-0.05, 0) is 81.0 Å². The van der Waals surface area contributed by atoms with E-state index in [1.165, 1.54) is 25.4 Å². The van der Waals surface area contributed by atoms with Crippen molar-refractivity contribution in [3.05, 3.63) is 83.1 Å². The molecule has 0 amide bonds. The second kappa shape index (κ2) is 10.6. The van der Waals surface area contributed by atoms with E-state index in [1.807, 2.05) is 6.92 Å². The highest BCUT2D eigenvalue weighted by Gasteiger charge is 2.48. The molecule has 0 unspecified atom stereocenters. The molecular formula is C31H28F2N4O4S. The van der Waals surface area contributed by atoms with E-state index in [0.717, 1.165) is 53.5 Å². The van der Waals surface area contributed by atoms with E-state index >= 15 is 4.39 Å². The number of hydrogen-bond acceptors (Lipinski definition) is 6. The van der Waals surface area contributed by atoms with Gasteiger partial charge in [0, 0.05) is 17.1 Å². The first-order chi connectivity index (χ1) is 20.1. The van der Waals surface area contributed by atoms with Gasteiger partial charge in [0.1, 0.15) is 11.6 Å². The van der Waals surface area contributed by atoms with E-state index < -0.39 is 21.7 Å². The van der Waals surface area contributed by atoms with E-state index in [9.17, 15) is 17.6 Å². The van der Waals surface area contributed by atoms with Gasteiger partial charge in [0.15, 0.2) is 5.65 Å². The van der Waals surface area contributed by atoms with E-state index in [-0.39, 0.29) is 74.6 Å².